The van der Waals surface area contributed by atoms with Crippen LogP contribution in [0.4, 0.5) is 5.69 Å². The molecular formula is C16H15BrN2O2. The van der Waals surface area contributed by atoms with E-state index in [2.05, 4.69) is 26.6 Å². The van der Waals surface area contributed by atoms with Crippen molar-refractivity contribution in [3.8, 4) is 0 Å². The number of halogens is 1. The third-order valence-electron chi connectivity index (χ3n) is 2.83. The number of hydrogen-bond acceptors (Lipinski definition) is 2. The van der Waals surface area contributed by atoms with Crippen LogP contribution >= 0.6 is 15.9 Å². The van der Waals surface area contributed by atoms with Crippen LogP contribution in [0.2, 0.25) is 0 Å². The number of rotatable bonds is 4. The summed E-state index contributed by atoms with van der Waals surface area (Å²) in [5.74, 6) is -0.444. The van der Waals surface area contributed by atoms with E-state index in [1.165, 1.54) is 6.92 Å². The highest BCUT2D eigenvalue weighted by Gasteiger charge is 2.12. The van der Waals surface area contributed by atoms with Crippen molar-refractivity contribution in [2.45, 2.75) is 13.5 Å². The molecule has 0 aliphatic rings. The van der Waals surface area contributed by atoms with Gasteiger partial charge in [-0.3, -0.25) is 9.59 Å². The fourth-order valence-electron chi connectivity index (χ4n) is 1.88. The Hall–Kier alpha value is -2.14. The molecule has 2 aromatic rings. The number of benzene rings is 2. The second-order valence-electron chi connectivity index (χ2n) is 4.54. The zero-order valence-electron chi connectivity index (χ0n) is 11.5. The molecular weight excluding hydrogens is 332 g/mol. The van der Waals surface area contributed by atoms with E-state index in [9.17, 15) is 9.59 Å². The first kappa shape index (κ1) is 15.3. The molecule has 0 atom stereocenters. The Kier molecular flexibility index (Phi) is 5.11. The summed E-state index contributed by atoms with van der Waals surface area (Å²) in [6.45, 7) is 1.85. The fourth-order valence-corrected chi connectivity index (χ4v) is 2.24. The second kappa shape index (κ2) is 7.04. The average Bonchev–Trinajstić information content (AvgIpc) is 2.45. The maximum atomic E-state index is 12.3. The van der Waals surface area contributed by atoms with Crippen LogP contribution in [0.15, 0.2) is 53.0 Å². The quantitative estimate of drug-likeness (QED) is 0.891. The maximum Gasteiger partial charge on any atom is 0.253 e. The van der Waals surface area contributed by atoms with E-state index in [1.807, 2.05) is 30.3 Å². The van der Waals surface area contributed by atoms with Crippen LogP contribution in [0.5, 0.6) is 0 Å². The van der Waals surface area contributed by atoms with Crippen LogP contribution in [-0.4, -0.2) is 11.8 Å². The molecule has 2 N–H and O–H groups in total. The first-order valence-corrected chi connectivity index (χ1v) is 7.25. The largest absolute Gasteiger partial charge is 0.348 e. The Morgan fingerprint density at radius 1 is 1.10 bits per heavy atom. The van der Waals surface area contributed by atoms with E-state index in [1.54, 1.807) is 18.2 Å². The van der Waals surface area contributed by atoms with Gasteiger partial charge in [0.2, 0.25) is 5.91 Å². The van der Waals surface area contributed by atoms with Crippen molar-refractivity contribution in [2.75, 3.05) is 5.32 Å². The summed E-state index contributed by atoms with van der Waals surface area (Å²) in [5.41, 5.74) is 1.94. The van der Waals surface area contributed by atoms with Crippen molar-refractivity contribution in [3.63, 3.8) is 0 Å². The van der Waals surface area contributed by atoms with E-state index in [-0.39, 0.29) is 11.8 Å². The molecule has 0 heterocycles. The molecule has 2 amide bonds. The Balaban J connectivity index is 2.13. The average molecular weight is 347 g/mol. The lowest BCUT2D eigenvalue weighted by molar-refractivity contribution is -0.114. The van der Waals surface area contributed by atoms with Gasteiger partial charge < -0.3 is 10.6 Å². The molecule has 0 saturated carbocycles. The summed E-state index contributed by atoms with van der Waals surface area (Å²) >= 11 is 3.33. The molecule has 2 rings (SSSR count). The topological polar surface area (TPSA) is 58.2 Å². The standard InChI is InChI=1S/C16H15BrN2O2/c1-11(20)19-15-9-13(17)7-8-14(15)16(21)18-10-12-5-3-2-4-6-12/h2-9H,10H2,1H3,(H,18,21)(H,19,20). The van der Waals surface area contributed by atoms with Crippen molar-refractivity contribution >= 4 is 33.4 Å². The van der Waals surface area contributed by atoms with E-state index >= 15 is 0 Å². The smallest absolute Gasteiger partial charge is 0.253 e. The summed E-state index contributed by atoms with van der Waals surface area (Å²) in [6, 6.07) is 14.8. The molecule has 4 nitrogen and oxygen atoms in total. The van der Waals surface area contributed by atoms with Crippen molar-refractivity contribution in [3.05, 3.63) is 64.1 Å². The molecule has 21 heavy (non-hydrogen) atoms. The zero-order valence-corrected chi connectivity index (χ0v) is 13.1. The molecule has 0 aliphatic carbocycles. The van der Waals surface area contributed by atoms with Gasteiger partial charge in [0.1, 0.15) is 0 Å². The van der Waals surface area contributed by atoms with Crippen molar-refractivity contribution in [1.82, 2.24) is 5.32 Å². The predicted octanol–water partition coefficient (Wildman–Crippen LogP) is 3.34. The fraction of sp³-hybridized carbons (Fsp3) is 0.125. The summed E-state index contributed by atoms with van der Waals surface area (Å²) < 4.78 is 0.797. The Labute approximate surface area is 131 Å². The van der Waals surface area contributed by atoms with Gasteiger partial charge >= 0.3 is 0 Å². The van der Waals surface area contributed by atoms with Crippen LogP contribution in [0.1, 0.15) is 22.8 Å². The predicted molar refractivity (Wildman–Crippen MR) is 86.1 cm³/mol. The number of hydrogen-bond donors (Lipinski definition) is 2. The van der Waals surface area contributed by atoms with E-state index in [0.717, 1.165) is 10.0 Å². The molecule has 0 radical (unpaired) electrons. The van der Waals surface area contributed by atoms with Gasteiger partial charge in [0.05, 0.1) is 11.3 Å². The van der Waals surface area contributed by atoms with Crippen LogP contribution in [0, 0.1) is 0 Å². The normalized spacial score (nSPS) is 10.0. The lowest BCUT2D eigenvalue weighted by atomic mass is 10.1. The lowest BCUT2D eigenvalue weighted by Crippen LogP contribution is -2.24. The molecule has 108 valence electrons. The highest BCUT2D eigenvalue weighted by Crippen LogP contribution is 2.21. The molecule has 0 unspecified atom stereocenters. The minimum Gasteiger partial charge on any atom is -0.348 e. The van der Waals surface area contributed by atoms with Gasteiger partial charge in [0, 0.05) is 17.9 Å². The van der Waals surface area contributed by atoms with Gasteiger partial charge in [-0.1, -0.05) is 46.3 Å². The molecule has 0 aromatic heterocycles. The van der Waals surface area contributed by atoms with Crippen LogP contribution < -0.4 is 10.6 Å². The molecule has 0 saturated heterocycles. The van der Waals surface area contributed by atoms with Crippen LogP contribution in [0.25, 0.3) is 0 Å². The molecule has 5 heteroatoms. The SMILES string of the molecule is CC(=O)Nc1cc(Br)ccc1C(=O)NCc1ccccc1. The first-order valence-electron chi connectivity index (χ1n) is 6.45. The van der Waals surface area contributed by atoms with Crippen molar-refractivity contribution in [1.29, 1.82) is 0 Å². The van der Waals surface area contributed by atoms with Gasteiger partial charge in [-0.2, -0.15) is 0 Å². The van der Waals surface area contributed by atoms with Gasteiger partial charge in [-0.15, -0.1) is 0 Å². The second-order valence-corrected chi connectivity index (χ2v) is 5.46. The molecule has 0 aliphatic heterocycles. The van der Waals surface area contributed by atoms with E-state index in [0.29, 0.717) is 17.8 Å². The third-order valence-corrected chi connectivity index (χ3v) is 3.33. The minimum absolute atomic E-state index is 0.217. The number of carbonyl (C=O) groups is 2. The number of anilines is 1. The van der Waals surface area contributed by atoms with E-state index in [4.69, 9.17) is 0 Å². The molecule has 2 aromatic carbocycles. The molecule has 0 bridgehead atoms. The lowest BCUT2D eigenvalue weighted by Gasteiger charge is -2.11. The summed E-state index contributed by atoms with van der Waals surface area (Å²) in [7, 11) is 0. The van der Waals surface area contributed by atoms with Crippen LogP contribution in [-0.2, 0) is 11.3 Å². The van der Waals surface area contributed by atoms with Gasteiger partial charge in [-0.25, -0.2) is 0 Å². The first-order chi connectivity index (χ1) is 10.1. The van der Waals surface area contributed by atoms with Crippen molar-refractivity contribution < 1.29 is 9.59 Å². The molecule has 0 spiro atoms. The maximum absolute atomic E-state index is 12.3. The molecule has 0 fully saturated rings. The minimum atomic E-state index is -0.227. The highest BCUT2D eigenvalue weighted by atomic mass is 79.9. The van der Waals surface area contributed by atoms with Crippen LogP contribution in [0.3, 0.4) is 0 Å². The Morgan fingerprint density at radius 2 is 1.81 bits per heavy atom. The third kappa shape index (κ3) is 4.43. The number of carbonyl (C=O) groups excluding carboxylic acids is 2. The Bertz CT molecular complexity index is 657. The number of amides is 2. The number of nitrogens with one attached hydrogen (secondary N) is 2. The van der Waals surface area contributed by atoms with Crippen molar-refractivity contribution in [2.24, 2.45) is 0 Å². The monoisotopic (exact) mass is 346 g/mol. The van der Waals surface area contributed by atoms with Gasteiger partial charge in [-0.05, 0) is 23.8 Å². The zero-order chi connectivity index (χ0) is 15.2. The Morgan fingerprint density at radius 3 is 2.48 bits per heavy atom. The summed E-state index contributed by atoms with van der Waals surface area (Å²) in [4.78, 5) is 23.5. The summed E-state index contributed by atoms with van der Waals surface area (Å²) in [6.07, 6.45) is 0. The highest BCUT2D eigenvalue weighted by molar-refractivity contribution is 9.10. The van der Waals surface area contributed by atoms with Gasteiger partial charge in [0.25, 0.3) is 5.91 Å². The summed E-state index contributed by atoms with van der Waals surface area (Å²) in [5, 5.41) is 5.51. The van der Waals surface area contributed by atoms with Gasteiger partial charge in [0.15, 0.2) is 0 Å². The van der Waals surface area contributed by atoms with E-state index < -0.39 is 0 Å².